The number of urea groups is 5. The number of ether oxygens (including phenoxy) is 24. The van der Waals surface area contributed by atoms with Gasteiger partial charge in [0, 0.05) is 98.4 Å². The molecule has 0 aliphatic heterocycles. The molecule has 0 aliphatic carbocycles. The van der Waals surface area contributed by atoms with Gasteiger partial charge in [0.15, 0.2) is 5.78 Å². The average molecular weight is 2140 g/mol. The second-order valence-electron chi connectivity index (χ2n) is 30.4. The molecule has 0 rings (SSSR count). The summed E-state index contributed by atoms with van der Waals surface area (Å²) < 4.78 is 126. The van der Waals surface area contributed by atoms with Crippen molar-refractivity contribution in [2.24, 2.45) is 16.5 Å². The first-order valence-corrected chi connectivity index (χ1v) is 48.5. The molecule has 19 N–H and O–H groups in total. The third kappa shape index (κ3) is 103. The molecule has 0 aromatic carbocycles. The molecule has 0 aromatic rings. The van der Waals surface area contributed by atoms with E-state index in [1.165, 1.54) is 59.7 Å². The first-order valence-electron chi connectivity index (χ1n) is 48.5. The fraction of sp³-hybridized carbons (Fsp3) is 0.833. The van der Waals surface area contributed by atoms with E-state index in [1.807, 2.05) is 27.7 Å². The standard InChI is InChI=1S/C30H56N4O14.C28H54N6O14.C17H27NO10.C13H29N3O4.C2H7N/c1-5-31-28(38)32-11-6-13-43-18-20-45-21-19-44-14-7-12-33-29(39)34-30(22-46-15-8-25(35)40-2,23-47-16-9-26(36)41-3)24-48-17-10-27(37)42-4;1-2-29-26(39)30-8-3-10-43-15-17-45-18-16-44-11-4-9-31-27(40)32-28(20-46-12-5-23(36)19-35,21-47-13-6-24(37)33-41)22-48-14-7-25(38)34-42;1-23-14(20)4-7-26-10-17(18-13-19,11-27-8-5-15(21)24-2)12-28-9-6-16(22)25-3;1-2-15-13(17)16-6-4-8-19-10-12-20-11-9-18-7-3-5-14;1-2-3/h5-24H2,1-4H3,(H2,31,32,38)(H2,33,34,39);35,41-42H,2-22H2,1H3,(H,33,37)(H,34,38)(H2,29,30,39)(H2,31,32,40);4-12H2,1-3H3;2-12,14H2,1H3,(H2,15,16,17);2-3H2,1H3. The summed E-state index contributed by atoms with van der Waals surface area (Å²) in [6, 6.07) is -1.68. The van der Waals surface area contributed by atoms with Gasteiger partial charge in [0.2, 0.25) is 17.9 Å². The van der Waals surface area contributed by atoms with Gasteiger partial charge < -0.3 is 183 Å². The molecule has 147 heavy (non-hydrogen) atoms. The zero-order chi connectivity index (χ0) is 110. The van der Waals surface area contributed by atoms with Crippen molar-refractivity contribution in [3.8, 4) is 0 Å². The molecule has 0 atom stereocenters. The van der Waals surface area contributed by atoms with Gasteiger partial charge in [0.1, 0.15) is 23.2 Å². The number of hydrogen-bond acceptors (Lipinski definition) is 45. The molecule has 57 heteroatoms. The van der Waals surface area contributed by atoms with Crippen LogP contribution in [-0.4, -0.2) is 474 Å². The molecular formula is C90H173N15O42. The minimum absolute atomic E-state index is 0.00823. The number of nitrogens with zero attached hydrogens (tertiary/aromatic N) is 1. The molecule has 0 bridgehead atoms. The van der Waals surface area contributed by atoms with E-state index < -0.39 is 88.7 Å². The predicted molar refractivity (Wildman–Crippen MR) is 522 cm³/mol. The van der Waals surface area contributed by atoms with Gasteiger partial charge in [-0.15, -0.1) is 0 Å². The number of Topliss-reactive ketones (excluding diaryl/α,β-unsaturated/α-hetero) is 1. The van der Waals surface area contributed by atoms with Crippen molar-refractivity contribution in [3.63, 3.8) is 0 Å². The highest BCUT2D eigenvalue weighted by atomic mass is 16.6. The van der Waals surface area contributed by atoms with Gasteiger partial charge >= 0.3 is 66.0 Å². The lowest BCUT2D eigenvalue weighted by molar-refractivity contribution is -0.144. The lowest BCUT2D eigenvalue weighted by atomic mass is 10.0. The molecule has 57 nitrogen and oxygen atoms in total. The smallest absolute Gasteiger partial charge is 0.315 e. The SMILES string of the molecule is CCN.CCNC(=O)NCCCOCCOCCOCCCN.CCNC(=O)NCCCOCCOCCOCCCNC(=O)NC(COCCC(=O)CO)(COCCC(=O)NO)COCCC(=O)NO.CCNC(=O)NCCCOCCOCCOCCCNC(=O)NC(COCCC(=O)OC)(COCCC(=O)OC)COCCC(=O)OC.COC(=O)CCOCC(COCCC(=O)OC)(COCCC(=O)OC)N=C=O. The van der Waals surface area contributed by atoms with Gasteiger partial charge in [-0.1, -0.05) is 6.92 Å². The number of carbonyl (C=O) groups is 14. The Balaban J connectivity index is -0.000000634. The minimum atomic E-state index is -1.35. The van der Waals surface area contributed by atoms with Crippen LogP contribution in [0.25, 0.3) is 0 Å². The number of rotatable bonds is 93. The summed E-state index contributed by atoms with van der Waals surface area (Å²) in [5.41, 5.74) is 9.30. The summed E-state index contributed by atoms with van der Waals surface area (Å²) in [5, 5.41) is 53.4. The van der Waals surface area contributed by atoms with Crippen LogP contribution in [-0.2, 0) is 162 Å². The Hall–Kier alpha value is -9.76. The van der Waals surface area contributed by atoms with Crippen LogP contribution in [0, 0.1) is 0 Å². The van der Waals surface area contributed by atoms with Gasteiger partial charge in [-0.05, 0) is 72.4 Å². The predicted octanol–water partition coefficient (Wildman–Crippen LogP) is -2.26. The van der Waals surface area contributed by atoms with Crippen molar-refractivity contribution in [3.05, 3.63) is 0 Å². The summed E-state index contributed by atoms with van der Waals surface area (Å²) in [4.78, 5) is 176. The van der Waals surface area contributed by atoms with E-state index in [9.17, 15) is 71.9 Å². The van der Waals surface area contributed by atoms with Gasteiger partial charge in [0.05, 0.1) is 292 Å². The number of aliphatic hydroxyl groups is 1. The summed E-state index contributed by atoms with van der Waals surface area (Å²) in [6.45, 7) is 19.2. The second-order valence-corrected chi connectivity index (χ2v) is 30.4. The largest absolute Gasteiger partial charge is 0.469 e. The fourth-order valence-electron chi connectivity index (χ4n) is 10.4. The van der Waals surface area contributed by atoms with Crippen LogP contribution in [0.5, 0.6) is 0 Å². The Morgan fingerprint density at radius 2 is 0.476 bits per heavy atom. The topological polar surface area (TPSA) is 747 Å². The van der Waals surface area contributed by atoms with Crippen LogP contribution in [0.15, 0.2) is 4.99 Å². The van der Waals surface area contributed by atoms with Crippen molar-refractivity contribution in [1.82, 2.24) is 64.1 Å². The van der Waals surface area contributed by atoms with Crippen LogP contribution in [0.3, 0.4) is 0 Å². The van der Waals surface area contributed by atoms with E-state index in [4.69, 9.17) is 112 Å². The van der Waals surface area contributed by atoms with Gasteiger partial charge in [-0.3, -0.25) is 53.6 Å². The van der Waals surface area contributed by atoms with Gasteiger partial charge in [-0.2, -0.15) is 4.99 Å². The van der Waals surface area contributed by atoms with Crippen molar-refractivity contribution in [1.29, 1.82) is 0 Å². The third-order valence-corrected chi connectivity index (χ3v) is 17.9. The van der Waals surface area contributed by atoms with Crippen LogP contribution in [0.1, 0.15) is 124 Å². The number of hydrogen-bond donors (Lipinski definition) is 17. The van der Waals surface area contributed by atoms with Crippen molar-refractivity contribution in [2.75, 3.05) is 353 Å². The van der Waals surface area contributed by atoms with E-state index in [0.717, 1.165) is 19.4 Å². The van der Waals surface area contributed by atoms with Crippen LogP contribution in [0.2, 0.25) is 0 Å². The molecular weight excluding hydrogens is 1960 g/mol. The zero-order valence-corrected chi connectivity index (χ0v) is 87.7. The molecule has 0 unspecified atom stereocenters. The number of ketones is 1. The third-order valence-electron chi connectivity index (χ3n) is 17.9. The lowest BCUT2D eigenvalue weighted by Gasteiger charge is -2.34. The van der Waals surface area contributed by atoms with Crippen molar-refractivity contribution < 1.29 is 201 Å². The molecule has 0 aromatic heterocycles. The molecule has 0 aliphatic rings. The highest BCUT2D eigenvalue weighted by Gasteiger charge is 2.37. The maximum absolute atomic E-state index is 12.9. The second kappa shape index (κ2) is 110. The van der Waals surface area contributed by atoms with Gasteiger partial charge in [0.25, 0.3) is 0 Å². The Morgan fingerprint density at radius 3 is 0.680 bits per heavy atom. The molecule has 860 valence electrons. The number of carbonyl (C=O) groups excluding carboxylic acids is 15. The molecule has 12 amide bonds. The number of hydroxylamine groups is 2. The number of methoxy groups -OCH3 is 6. The van der Waals surface area contributed by atoms with E-state index in [1.54, 1.807) is 0 Å². The first-order chi connectivity index (χ1) is 71.1. The number of esters is 6. The lowest BCUT2D eigenvalue weighted by Crippen LogP contribution is -2.61. The highest BCUT2D eigenvalue weighted by Crippen LogP contribution is 2.17. The van der Waals surface area contributed by atoms with Crippen LogP contribution < -0.4 is 75.6 Å². The maximum Gasteiger partial charge on any atom is 0.315 e. The summed E-state index contributed by atoms with van der Waals surface area (Å²) in [6.07, 6.45) is 5.10. The van der Waals surface area contributed by atoms with E-state index >= 15 is 0 Å². The normalized spacial score (nSPS) is 10.8. The molecule has 0 spiro atoms. The monoisotopic (exact) mass is 2140 g/mol. The first kappa shape index (κ1) is 146. The van der Waals surface area contributed by atoms with Gasteiger partial charge in [-0.25, -0.2) is 39.7 Å². The Morgan fingerprint density at radius 1 is 0.272 bits per heavy atom. The highest BCUT2D eigenvalue weighted by molar-refractivity contribution is 5.80. The Labute approximate surface area is 861 Å². The van der Waals surface area contributed by atoms with Crippen LogP contribution >= 0.6 is 0 Å². The number of amides is 12. The molecule has 0 radical (unpaired) electrons. The van der Waals surface area contributed by atoms with Crippen molar-refractivity contribution in [2.45, 2.75) is 141 Å². The van der Waals surface area contributed by atoms with Crippen LogP contribution in [0.4, 0.5) is 24.0 Å². The minimum Gasteiger partial charge on any atom is -0.469 e. The number of nitrogens with two attached hydrogens (primary N) is 2. The molecule has 0 heterocycles. The number of aliphatic hydroxyl groups excluding tert-OH is 1. The molecule has 0 saturated heterocycles. The quantitative estimate of drug-likeness (QED) is 0.00581. The molecule has 0 fully saturated rings. The summed E-state index contributed by atoms with van der Waals surface area (Å²) in [5.74, 6) is -4.56. The summed E-state index contributed by atoms with van der Waals surface area (Å²) in [7, 11) is 7.57. The number of aliphatic imine (C=N–C) groups is 1. The Bertz CT molecular complexity index is 3000. The number of nitrogens with one attached hydrogen (secondary N) is 12. The van der Waals surface area contributed by atoms with E-state index in [-0.39, 0.29) is 201 Å². The number of isocyanates is 1. The van der Waals surface area contributed by atoms with Crippen molar-refractivity contribution >= 4 is 89.6 Å². The average Bonchev–Trinajstić information content (AvgIpc) is 0.863. The zero-order valence-electron chi connectivity index (χ0n) is 87.7. The summed E-state index contributed by atoms with van der Waals surface area (Å²) >= 11 is 0. The van der Waals surface area contributed by atoms with E-state index in [0.29, 0.717) is 197 Å². The molecule has 0 saturated carbocycles. The maximum atomic E-state index is 12.9. The fourth-order valence-corrected chi connectivity index (χ4v) is 10.4. The van der Waals surface area contributed by atoms with E-state index in [2.05, 4.69) is 86.6 Å². The Kier molecular flexibility index (Phi) is 109.